The Balaban J connectivity index is 1.21. The zero-order chi connectivity index (χ0) is 51.9. The van der Waals surface area contributed by atoms with Gasteiger partial charge in [-0.1, -0.05) is 20.8 Å². The van der Waals surface area contributed by atoms with Crippen LogP contribution in [0.1, 0.15) is 96.7 Å². The molecule has 15 nitrogen and oxygen atoms in total. The molecule has 1 radical (unpaired) electrons. The normalized spacial score (nSPS) is 26.8. The van der Waals surface area contributed by atoms with Gasteiger partial charge >= 0.3 is 320 Å². The van der Waals surface area contributed by atoms with Crippen molar-refractivity contribution < 1.29 is 66.7 Å². The number of hydrogen-bond acceptors (Lipinski definition) is 13. The number of esters is 1. The summed E-state index contributed by atoms with van der Waals surface area (Å²) in [5, 5.41) is 7.35. The second-order valence-electron chi connectivity index (χ2n) is 21.8. The van der Waals surface area contributed by atoms with Gasteiger partial charge in [-0.15, -0.1) is 0 Å². The minimum atomic E-state index is -2.86. The molecule has 9 rings (SSSR count). The van der Waals surface area contributed by atoms with Crippen molar-refractivity contribution in [2.24, 2.45) is 29.1 Å². The molecule has 19 heteroatoms. The Hall–Kier alpha value is -3.70. The van der Waals surface area contributed by atoms with Crippen molar-refractivity contribution in [1.82, 2.24) is 35.2 Å². The van der Waals surface area contributed by atoms with E-state index in [1.165, 1.54) is 19.9 Å². The predicted octanol–water partition coefficient (Wildman–Crippen LogP) is 4.43. The standard InChI is InChI=1S/C54H74F2IN7O8S/c1-30(2)44-32(5)45(44)50(65)60-47-49(71-27-43(55)56)51-59-41(28-73-51)34-12-13-42-37(21-34)39(23-54(7,8)29-72-53(67)40-11-10-15-64(61-40)52(47)66)48(63(42)18-20-70-31(3)4)38-22-35(25-58-46(38)33(6)68-9)57-14-16-62-17-19-69-26-36(62)24-57/h12-13,21-22,25,28,30-33,36,40,43-45,47,49,61H,10-11,14-20,23-24,26-27,29H2,1-9H3,(H,60,65)/q-1/t32-,33-,36?,40-,44+,45+,47-,49-/m0/s1. The molecular weight excluding hydrogens is 1070 g/mol. The van der Waals surface area contributed by atoms with Gasteiger partial charge in [0.25, 0.3) is 12.3 Å². The maximum atomic E-state index is 14.8. The van der Waals surface area contributed by atoms with Crippen LogP contribution in [0.2, 0.25) is 0 Å². The number of fused-ring (bicyclic) bond motifs is 7. The minimum absolute atomic E-state index is 0.00649. The van der Waals surface area contributed by atoms with E-state index in [0.29, 0.717) is 44.1 Å². The van der Waals surface area contributed by atoms with Crippen LogP contribution < -0.4 is 30.6 Å². The molecule has 3 saturated heterocycles. The van der Waals surface area contributed by atoms with E-state index in [4.69, 9.17) is 33.7 Å². The van der Waals surface area contributed by atoms with Crippen LogP contribution in [0.15, 0.2) is 35.8 Å². The van der Waals surface area contributed by atoms with Gasteiger partial charge in [0.1, 0.15) is 12.6 Å². The van der Waals surface area contributed by atoms with Crippen LogP contribution in [0.25, 0.3) is 33.4 Å². The van der Waals surface area contributed by atoms with Crippen LogP contribution in [0.5, 0.6) is 0 Å². The third kappa shape index (κ3) is 11.8. The van der Waals surface area contributed by atoms with Crippen molar-refractivity contribution in [3.8, 4) is 22.5 Å². The van der Waals surface area contributed by atoms with E-state index >= 15 is 0 Å². The first kappa shape index (κ1) is 54.1. The van der Waals surface area contributed by atoms with Gasteiger partial charge in [-0.25, -0.2) is 8.78 Å². The van der Waals surface area contributed by atoms with Crippen LogP contribution in [0, 0.1) is 32.7 Å². The number of halogens is 3. The van der Waals surface area contributed by atoms with Gasteiger partial charge in [0.05, 0.1) is 0 Å². The third-order valence-corrected chi connectivity index (χ3v) is 22.4. The first-order valence-corrected chi connectivity index (χ1v) is 31.1. The van der Waals surface area contributed by atoms with Crippen LogP contribution in [-0.2, 0) is 51.0 Å². The number of hydrazine groups is 1. The number of benzene rings is 1. The Labute approximate surface area is 439 Å². The Morgan fingerprint density at radius 3 is 2.66 bits per heavy atom. The van der Waals surface area contributed by atoms with Gasteiger partial charge < -0.3 is 10.1 Å². The molecule has 3 aromatic heterocycles. The summed E-state index contributed by atoms with van der Waals surface area (Å²) in [6.07, 6.45) is -1.11. The number of ether oxygens (including phenoxy) is 5. The molecule has 0 spiro atoms. The molecule has 73 heavy (non-hydrogen) atoms. The third-order valence-electron chi connectivity index (χ3n) is 15.3. The number of morpholine rings is 1. The summed E-state index contributed by atoms with van der Waals surface area (Å²) in [5.41, 5.74) is 8.68. The molecule has 4 fully saturated rings. The topological polar surface area (TPSA) is 159 Å². The summed E-state index contributed by atoms with van der Waals surface area (Å²) in [5.74, 6) is -1.45. The number of methoxy groups -OCH3 is 1. The van der Waals surface area contributed by atoms with Gasteiger partial charge in [0.15, 0.2) is 0 Å². The van der Waals surface area contributed by atoms with Crippen molar-refractivity contribution in [3.63, 3.8) is 0 Å². The van der Waals surface area contributed by atoms with E-state index in [0.717, 1.165) is 74.1 Å². The SMILES string of the molecule is CO[C@@H](C)c1ncc([I-]2CCN3CCOCC3C2)cc1-c1c2c3cc(ccc3n1CCOC(C)C)-c1csc(n1)[C@@H](OCC(F)F)[C@H](NC(=O)[C@@H]1[C@@H](C)[C@H]1C(C)C)C(=O)N1CCC[C@H](N1)C(=O)OCC(C)(C)C2. The van der Waals surface area contributed by atoms with Crippen LogP contribution in [0.4, 0.5) is 8.78 Å². The van der Waals surface area contributed by atoms with E-state index < -0.39 is 68.3 Å². The molecule has 2 amide bonds. The number of hydrogen-bond donors (Lipinski definition) is 2. The number of amides is 2. The molecule has 1 aromatic carbocycles. The van der Waals surface area contributed by atoms with Crippen LogP contribution in [0.3, 0.4) is 0 Å². The zero-order valence-electron chi connectivity index (χ0n) is 43.8. The Bertz CT molecular complexity index is 2630. The van der Waals surface area contributed by atoms with E-state index in [1.54, 1.807) is 7.11 Å². The number of aromatic nitrogens is 3. The fourth-order valence-corrected chi connectivity index (χ4v) is 18.4. The summed E-state index contributed by atoms with van der Waals surface area (Å²) in [7, 11) is 1.71. The monoisotopic (exact) mass is 1150 g/mol. The van der Waals surface area contributed by atoms with E-state index in [1.807, 2.05) is 39.1 Å². The first-order chi connectivity index (χ1) is 34.9. The molecule has 1 aliphatic carbocycles. The molecule has 2 N–H and O–H groups in total. The summed E-state index contributed by atoms with van der Waals surface area (Å²) < 4.78 is 64.8. The molecule has 8 atom stereocenters. The number of alkyl halides is 4. The number of cyclic esters (lactones) is 1. The van der Waals surface area contributed by atoms with Gasteiger partial charge in [0.2, 0.25) is 5.91 Å². The van der Waals surface area contributed by atoms with Crippen LogP contribution in [-0.4, -0.2) is 142 Å². The zero-order valence-corrected chi connectivity index (χ0v) is 46.7. The van der Waals surface area contributed by atoms with Gasteiger partial charge in [0, 0.05) is 12.5 Å². The predicted molar refractivity (Wildman–Crippen MR) is 271 cm³/mol. The molecular formula is C54H74F2IN7O8S-. The number of rotatable bonds is 14. The van der Waals surface area contributed by atoms with Crippen molar-refractivity contribution in [2.45, 2.75) is 124 Å². The molecule has 1 saturated carbocycles. The molecule has 4 aliphatic heterocycles. The molecule has 4 aromatic rings. The average Bonchev–Trinajstić information content (AvgIpc) is 3.67. The summed E-state index contributed by atoms with van der Waals surface area (Å²) in [6.45, 7) is 20.3. The van der Waals surface area contributed by atoms with Gasteiger partial charge in [-0.05, 0) is 24.2 Å². The van der Waals surface area contributed by atoms with Crippen molar-refractivity contribution in [2.75, 3.05) is 68.6 Å². The second kappa shape index (κ2) is 22.9. The number of nitrogens with one attached hydrogen (secondary N) is 2. The fraction of sp³-hybridized carbons (Fsp3) is 0.648. The van der Waals surface area contributed by atoms with Gasteiger partial charge in [-0.3, -0.25) is 14.6 Å². The summed E-state index contributed by atoms with van der Waals surface area (Å²) in [4.78, 5) is 56.1. The van der Waals surface area contributed by atoms with Crippen LogP contribution >= 0.6 is 11.3 Å². The van der Waals surface area contributed by atoms with E-state index in [2.05, 4.69) is 72.3 Å². The molecule has 5 aliphatic rings. The maximum absolute atomic E-state index is 14.8. The number of carbonyl (C=O) groups is 3. The Morgan fingerprint density at radius 2 is 1.92 bits per heavy atom. The van der Waals surface area contributed by atoms with Crippen molar-refractivity contribution in [1.29, 1.82) is 0 Å². The quantitative estimate of drug-likeness (QED) is 0.104. The van der Waals surface area contributed by atoms with E-state index in [9.17, 15) is 23.2 Å². The Kier molecular flexibility index (Phi) is 17.0. The van der Waals surface area contributed by atoms with E-state index in [-0.39, 0.29) is 59.9 Å². The molecule has 6 bridgehead atoms. The number of pyridine rings is 1. The number of nitrogens with zero attached hydrogens (tertiary/aromatic N) is 5. The van der Waals surface area contributed by atoms with Gasteiger partial charge in [-0.2, -0.15) is 0 Å². The average molecular weight is 1150 g/mol. The molecule has 401 valence electrons. The number of thiazole rings is 1. The Morgan fingerprint density at radius 1 is 1.11 bits per heavy atom. The second-order valence-corrected chi connectivity index (χ2v) is 28.5. The number of carbonyl (C=O) groups excluding carboxylic acids is 3. The summed E-state index contributed by atoms with van der Waals surface area (Å²) in [6, 6.07) is 6.73. The van der Waals surface area contributed by atoms with Crippen molar-refractivity contribution in [3.05, 3.63) is 55.7 Å². The first-order valence-electron chi connectivity index (χ1n) is 26.1. The summed E-state index contributed by atoms with van der Waals surface area (Å²) >= 11 is -0.535. The molecule has 7 heterocycles. The fourth-order valence-electron chi connectivity index (χ4n) is 11.4. The molecule has 1 unspecified atom stereocenters. The van der Waals surface area contributed by atoms with Crippen molar-refractivity contribution >= 4 is 40.0 Å².